The van der Waals surface area contributed by atoms with Crippen LogP contribution in [0.3, 0.4) is 0 Å². The van der Waals surface area contributed by atoms with Gasteiger partial charge in [0.05, 0.1) is 5.25 Å². The molecule has 3 aliphatic rings. The van der Waals surface area contributed by atoms with Gasteiger partial charge in [-0.2, -0.15) is 0 Å². The molecule has 2 aliphatic carbocycles. The molecule has 1 aromatic carbocycles. The number of anilines is 1. The van der Waals surface area contributed by atoms with Crippen molar-refractivity contribution in [1.29, 1.82) is 0 Å². The molecule has 0 unspecified atom stereocenters. The fraction of sp³-hybridized carbons (Fsp3) is 0.556. The van der Waals surface area contributed by atoms with Gasteiger partial charge in [0.25, 0.3) is 0 Å². The quantitative estimate of drug-likeness (QED) is 0.649. The Hall–Kier alpha value is -0.454. The van der Waals surface area contributed by atoms with Gasteiger partial charge in [0, 0.05) is 20.0 Å². The number of aryl methyl sites for hydroxylation is 2. The number of rotatable bonds is 3. The van der Waals surface area contributed by atoms with Crippen molar-refractivity contribution >= 4 is 27.6 Å². The average molecular weight is 416 g/mol. The molecule has 0 bridgehead atoms. The second-order valence-electron chi connectivity index (χ2n) is 7.32. The number of nitrogens with zero attached hydrogens (tertiary/aromatic N) is 2. The zero-order valence-corrected chi connectivity index (χ0v) is 19.7. The van der Waals surface area contributed by atoms with Gasteiger partial charge in [-0.1, -0.05) is 6.07 Å². The van der Waals surface area contributed by atoms with Crippen molar-refractivity contribution in [3.8, 4) is 0 Å². The summed E-state index contributed by atoms with van der Waals surface area (Å²) in [6.07, 6.45) is 5.93. The predicted octanol–water partition coefficient (Wildman–Crippen LogP) is -0.866. The number of fused-ring (bicyclic) bond motifs is 2. The van der Waals surface area contributed by atoms with Crippen LogP contribution in [0.4, 0.5) is 10.5 Å². The van der Waals surface area contributed by atoms with Gasteiger partial charge in [-0.3, -0.25) is 9.59 Å². The molecule has 1 heterocycles. The van der Waals surface area contributed by atoms with E-state index in [0.29, 0.717) is 0 Å². The summed E-state index contributed by atoms with van der Waals surface area (Å²) in [5.74, 6) is -0.170. The van der Waals surface area contributed by atoms with Gasteiger partial charge in [0.1, 0.15) is 0 Å². The third-order valence-electron chi connectivity index (χ3n) is 5.63. The zero-order chi connectivity index (χ0) is 18.5. The normalized spacial score (nSPS) is 18.2. The number of carbonyl (C=O) groups excluding carboxylic acids is 2. The van der Waals surface area contributed by atoms with Crippen molar-refractivity contribution in [2.75, 3.05) is 18.4 Å². The Labute approximate surface area is 202 Å². The second kappa shape index (κ2) is 8.12. The monoisotopic (exact) mass is 415 g/mol. The Morgan fingerprint density at radius 3 is 2.15 bits per heavy atom. The molecule has 1 saturated heterocycles. The number of hydrogen-bond acceptors (Lipinski definition) is 4. The first-order valence-corrected chi connectivity index (χ1v) is 10.6. The fourth-order valence-electron chi connectivity index (χ4n) is 4.17. The number of amides is 3. The summed E-state index contributed by atoms with van der Waals surface area (Å²) in [6, 6.07) is 1.42. The van der Waals surface area contributed by atoms with E-state index in [0.717, 1.165) is 55.3 Å². The van der Waals surface area contributed by atoms with E-state index in [2.05, 4.69) is 16.1 Å². The van der Waals surface area contributed by atoms with Crippen LogP contribution in [0.25, 0.3) is 4.72 Å². The van der Waals surface area contributed by atoms with E-state index in [-0.39, 0.29) is 70.4 Å². The van der Waals surface area contributed by atoms with Crippen LogP contribution in [0.5, 0.6) is 0 Å². The van der Waals surface area contributed by atoms with Crippen molar-refractivity contribution in [2.45, 2.75) is 50.7 Å². The van der Waals surface area contributed by atoms with Crippen molar-refractivity contribution in [1.82, 2.24) is 4.90 Å². The third-order valence-corrected chi connectivity index (χ3v) is 7.19. The molecule has 9 heteroatoms. The van der Waals surface area contributed by atoms with Gasteiger partial charge in [-0.25, -0.2) is 8.42 Å². The second-order valence-corrected chi connectivity index (χ2v) is 9.20. The van der Waals surface area contributed by atoms with Gasteiger partial charge in [0.15, 0.2) is 16.1 Å². The van der Waals surface area contributed by atoms with Crippen LogP contribution in [0.15, 0.2) is 6.07 Å². The van der Waals surface area contributed by atoms with Gasteiger partial charge in [-0.15, -0.1) is 0 Å². The van der Waals surface area contributed by atoms with Gasteiger partial charge >= 0.3 is 51.4 Å². The Kier molecular flexibility index (Phi) is 6.39. The number of urea groups is 1. The SMILES string of the molecule is CC(=O)N1CC(S(=O)(=O)[N-]C(=O)Nc2c3c(cc4c2CCC4)CCC3)C1.[K+]. The molecule has 0 saturated carbocycles. The van der Waals surface area contributed by atoms with E-state index in [4.69, 9.17) is 0 Å². The first-order chi connectivity index (χ1) is 12.3. The largest absolute Gasteiger partial charge is 1.00 e. The van der Waals surface area contributed by atoms with E-state index < -0.39 is 21.3 Å². The molecule has 27 heavy (non-hydrogen) atoms. The van der Waals surface area contributed by atoms with Crippen LogP contribution in [0.2, 0.25) is 0 Å². The molecular weight excluding hydrogens is 393 g/mol. The fourth-order valence-corrected chi connectivity index (χ4v) is 5.33. The van der Waals surface area contributed by atoms with Crippen molar-refractivity contribution < 1.29 is 69.4 Å². The van der Waals surface area contributed by atoms with Gasteiger partial charge in [-0.05, 0) is 66.5 Å². The van der Waals surface area contributed by atoms with E-state index in [1.807, 2.05) is 0 Å². The maximum Gasteiger partial charge on any atom is 1.00 e. The number of sulfonamides is 1. The molecular formula is C18H22KN3O4S. The van der Waals surface area contributed by atoms with Crippen molar-refractivity contribution in [2.24, 2.45) is 0 Å². The van der Waals surface area contributed by atoms with Crippen LogP contribution in [0, 0.1) is 0 Å². The maximum absolute atomic E-state index is 12.4. The van der Waals surface area contributed by atoms with Crippen LogP contribution in [-0.2, 0) is 40.5 Å². The first-order valence-electron chi connectivity index (χ1n) is 9.05. The standard InChI is InChI=1S/C18H23N3O4S.K/c1-11(22)21-9-14(10-21)26(24,25)20-18(23)19-17-15-6-2-4-12(15)8-13-5-3-7-16(13)17;/h8,14H,2-7,9-10H2,1H3,(H2,19,20,23);/q;+1/p-1. The Bertz CT molecular complexity index is 862. The minimum atomic E-state index is -3.92. The summed E-state index contributed by atoms with van der Waals surface area (Å²) in [5.41, 5.74) is 5.59. The smallest absolute Gasteiger partial charge is 0.423 e. The summed E-state index contributed by atoms with van der Waals surface area (Å²) >= 11 is 0. The first kappa shape index (κ1) is 21.3. The molecule has 4 rings (SSSR count). The van der Waals surface area contributed by atoms with Gasteiger partial charge < -0.3 is 14.9 Å². The Morgan fingerprint density at radius 1 is 1.07 bits per heavy atom. The molecule has 1 N–H and O–H groups in total. The van der Waals surface area contributed by atoms with E-state index in [1.54, 1.807) is 0 Å². The van der Waals surface area contributed by atoms with E-state index in [9.17, 15) is 18.0 Å². The van der Waals surface area contributed by atoms with Crippen LogP contribution in [0.1, 0.15) is 42.0 Å². The maximum atomic E-state index is 12.4. The van der Waals surface area contributed by atoms with Crippen LogP contribution < -0.4 is 56.7 Å². The molecule has 0 atom stereocenters. The summed E-state index contributed by atoms with van der Waals surface area (Å²) in [5, 5.41) is 1.98. The number of likely N-dealkylation sites (tertiary alicyclic amines) is 1. The van der Waals surface area contributed by atoms with Crippen molar-refractivity contribution in [3.05, 3.63) is 33.0 Å². The number of hydrogen-bond donors (Lipinski definition) is 1. The Balaban J connectivity index is 0.00000210. The molecule has 140 valence electrons. The average Bonchev–Trinajstić information content (AvgIpc) is 3.12. The summed E-state index contributed by atoms with van der Waals surface area (Å²) < 4.78 is 28.0. The van der Waals surface area contributed by atoms with Crippen LogP contribution >= 0.6 is 0 Å². The Morgan fingerprint density at radius 2 is 1.63 bits per heavy atom. The molecule has 0 aromatic heterocycles. The number of carbonyl (C=O) groups is 2. The molecule has 1 fully saturated rings. The minimum absolute atomic E-state index is 0. The molecule has 0 spiro atoms. The minimum Gasteiger partial charge on any atom is -0.423 e. The molecule has 3 amide bonds. The molecule has 1 aromatic rings. The van der Waals surface area contributed by atoms with Gasteiger partial charge in [0.2, 0.25) is 5.91 Å². The van der Waals surface area contributed by atoms with Crippen molar-refractivity contribution in [3.63, 3.8) is 0 Å². The van der Waals surface area contributed by atoms with E-state index in [1.165, 1.54) is 23.0 Å². The molecule has 0 radical (unpaired) electrons. The molecule has 1 aliphatic heterocycles. The summed E-state index contributed by atoms with van der Waals surface area (Å²) in [4.78, 5) is 25.0. The van der Waals surface area contributed by atoms with Crippen LogP contribution in [-0.4, -0.2) is 43.6 Å². The number of benzene rings is 1. The topological polar surface area (TPSA) is 97.7 Å². The third kappa shape index (κ3) is 4.13. The summed E-state index contributed by atoms with van der Waals surface area (Å²) in [7, 11) is -3.92. The predicted molar refractivity (Wildman–Crippen MR) is 97.8 cm³/mol. The number of nitrogens with one attached hydrogen (secondary N) is 1. The zero-order valence-electron chi connectivity index (χ0n) is 15.7. The summed E-state index contributed by atoms with van der Waals surface area (Å²) in [6.45, 7) is 1.60. The molecule has 7 nitrogen and oxygen atoms in total. The van der Waals surface area contributed by atoms with E-state index >= 15 is 0 Å².